The van der Waals surface area contributed by atoms with Crippen LogP contribution >= 0.6 is 0 Å². The molecule has 5 aromatic carbocycles. The van der Waals surface area contributed by atoms with Gasteiger partial charge < -0.3 is 9.30 Å². The van der Waals surface area contributed by atoms with Crippen LogP contribution in [0.2, 0.25) is 0 Å². The second-order valence-electron chi connectivity index (χ2n) is 19.6. The molecule has 1 unspecified atom stereocenters. The van der Waals surface area contributed by atoms with Gasteiger partial charge in [-0.2, -0.15) is 10.7 Å². The standard InChI is InChI=1S/C53H57N4O.Pt/c1-12-35(13-2)36-17-16-18-40(27-36)56-34-57(56,49-20-15-14-19-48(49)56)41-28-39(53(9,10)11)29-43(32-41)58-42-22-23-44-45-30-37(51(3,4)5)21-24-46(45)55(47(44)33-42)50-31-38(25-26-54-50)52(6,7)8;/h14-31,34-35H,12-13H2,1-11H3;/q-1;/t56-,57?;/m0./s1. The molecular formula is C53H57N4OPt-. The van der Waals surface area contributed by atoms with Crippen LogP contribution in [-0.2, 0) is 37.3 Å². The Labute approximate surface area is 366 Å². The first-order chi connectivity index (χ1) is 27.5. The van der Waals surface area contributed by atoms with Crippen LogP contribution in [0, 0.1) is 18.8 Å². The van der Waals surface area contributed by atoms with E-state index in [4.69, 9.17) is 9.72 Å². The number of quaternary nitrogens is 2. The van der Waals surface area contributed by atoms with E-state index in [9.17, 15) is 0 Å². The van der Waals surface area contributed by atoms with E-state index in [1.165, 1.54) is 44.7 Å². The van der Waals surface area contributed by atoms with E-state index in [2.05, 4.69) is 203 Å². The van der Waals surface area contributed by atoms with Crippen LogP contribution in [0.5, 0.6) is 11.5 Å². The van der Waals surface area contributed by atoms with Gasteiger partial charge in [0.05, 0.1) is 5.69 Å². The maximum absolute atomic E-state index is 6.92. The van der Waals surface area contributed by atoms with Gasteiger partial charge in [0, 0.05) is 68.5 Å². The van der Waals surface area contributed by atoms with Gasteiger partial charge in [-0.3, -0.25) is 0 Å². The number of ether oxygens (including phenoxy) is 1. The Morgan fingerprint density at radius 3 is 2.00 bits per heavy atom. The van der Waals surface area contributed by atoms with E-state index in [-0.39, 0.29) is 37.3 Å². The first kappa shape index (κ1) is 41.2. The molecule has 1 fully saturated rings. The largest absolute Gasteiger partial charge is 0.509 e. The van der Waals surface area contributed by atoms with Crippen molar-refractivity contribution < 1.29 is 25.8 Å². The smallest absolute Gasteiger partial charge is 0.225 e. The molecule has 2 aliphatic rings. The van der Waals surface area contributed by atoms with Crippen LogP contribution in [0.1, 0.15) is 117 Å². The minimum atomic E-state index is -0.125. The molecule has 0 bridgehead atoms. The number of hydrogen-bond acceptors (Lipinski definition) is 2. The molecule has 0 amide bonds. The SMILES string of the molecule is CCC(CC)c1cccc([N@+]23[CH-][N+]2(c2[c-]c(Oc4[c-]c5c(cc4)c4cc(C(C)(C)C)ccc4n5-c4cc(C(C)(C)C)ccn4)cc(C(C)(C)C)c2)c2ccccc23)c1.[Pt]. The number of pyridine rings is 1. The summed E-state index contributed by atoms with van der Waals surface area (Å²) in [5.41, 5.74) is 12.0. The number of benzene rings is 5. The minimum absolute atomic E-state index is 0. The molecule has 4 heterocycles. The van der Waals surface area contributed by atoms with Gasteiger partial charge in [0.2, 0.25) is 11.4 Å². The zero-order chi connectivity index (χ0) is 41.0. The van der Waals surface area contributed by atoms with Crippen molar-refractivity contribution in [3.63, 3.8) is 0 Å². The molecule has 5 nitrogen and oxygen atoms in total. The summed E-state index contributed by atoms with van der Waals surface area (Å²) >= 11 is 0. The van der Waals surface area contributed by atoms with Crippen LogP contribution in [0.4, 0.5) is 22.7 Å². The monoisotopic (exact) mass is 960 g/mol. The number of hydrogen-bond donors (Lipinski definition) is 0. The number of nitrogens with zero attached hydrogens (tertiary/aromatic N) is 4. The summed E-state index contributed by atoms with van der Waals surface area (Å²) in [7, 11) is 0. The molecule has 0 N–H and O–H groups in total. The fourth-order valence-electron chi connectivity index (χ4n) is 9.19. The van der Waals surface area contributed by atoms with Crippen molar-refractivity contribution in [2.45, 2.75) is 111 Å². The Hall–Kier alpha value is -4.54. The predicted molar refractivity (Wildman–Crippen MR) is 242 cm³/mol. The predicted octanol–water partition coefficient (Wildman–Crippen LogP) is 14.7. The average molecular weight is 961 g/mol. The zero-order valence-electron chi connectivity index (χ0n) is 36.5. The van der Waals surface area contributed by atoms with Crippen molar-refractivity contribution in [1.82, 2.24) is 18.7 Å². The third-order valence-electron chi connectivity index (χ3n) is 12.8. The summed E-state index contributed by atoms with van der Waals surface area (Å²) in [5.74, 6) is 2.74. The van der Waals surface area contributed by atoms with Crippen molar-refractivity contribution in [1.29, 1.82) is 0 Å². The van der Waals surface area contributed by atoms with Crippen LogP contribution in [0.3, 0.4) is 0 Å². The van der Waals surface area contributed by atoms with Crippen LogP contribution in [0.25, 0.3) is 27.6 Å². The average Bonchev–Trinajstić information content (AvgIpc) is 3.68. The molecule has 6 heteroatoms. The molecule has 0 radical (unpaired) electrons. The molecule has 59 heavy (non-hydrogen) atoms. The van der Waals surface area contributed by atoms with Gasteiger partial charge in [-0.1, -0.05) is 124 Å². The van der Waals surface area contributed by atoms with Gasteiger partial charge in [-0.25, -0.2) is 9.58 Å². The summed E-state index contributed by atoms with van der Waals surface area (Å²) in [6.45, 7) is 27.4. The quantitative estimate of drug-likeness (QED) is 0.0862. The van der Waals surface area contributed by atoms with Gasteiger partial charge in [0.15, 0.2) is 12.4 Å². The summed E-state index contributed by atoms with van der Waals surface area (Å²) < 4.78 is 10.4. The molecule has 0 saturated carbocycles. The third kappa shape index (κ3) is 6.51. The Morgan fingerprint density at radius 2 is 1.32 bits per heavy atom. The summed E-state index contributed by atoms with van der Waals surface area (Å²) in [5, 5.41) is 2.31. The number of aromatic nitrogens is 2. The molecule has 2 atom stereocenters. The topological polar surface area (TPSA) is 27.1 Å². The Bertz CT molecular complexity index is 2740. The van der Waals surface area contributed by atoms with E-state index in [1.54, 1.807) is 0 Å². The minimum Gasteiger partial charge on any atom is -0.509 e. The third-order valence-corrected chi connectivity index (χ3v) is 12.8. The van der Waals surface area contributed by atoms with E-state index < -0.39 is 0 Å². The number of para-hydroxylation sites is 2. The second kappa shape index (κ2) is 14.3. The number of fused-ring (bicyclic) bond motifs is 7. The summed E-state index contributed by atoms with van der Waals surface area (Å²) in [4.78, 5) is 4.94. The molecule has 9 rings (SSSR count). The van der Waals surface area contributed by atoms with Gasteiger partial charge >= 0.3 is 0 Å². The van der Waals surface area contributed by atoms with Gasteiger partial charge in [-0.05, 0) is 75.3 Å². The second-order valence-corrected chi connectivity index (χ2v) is 19.6. The zero-order valence-corrected chi connectivity index (χ0v) is 38.7. The summed E-state index contributed by atoms with van der Waals surface area (Å²) in [6.07, 6.45) is 4.19. The fraction of sp³-hybridized carbons (Fsp3) is 0.321. The normalized spacial score (nSPS) is 18.6. The van der Waals surface area contributed by atoms with E-state index >= 15 is 0 Å². The maximum Gasteiger partial charge on any atom is 0.225 e. The molecule has 306 valence electrons. The Morgan fingerprint density at radius 1 is 0.644 bits per heavy atom. The van der Waals surface area contributed by atoms with Crippen molar-refractivity contribution in [2.24, 2.45) is 0 Å². The molecule has 2 aliphatic heterocycles. The van der Waals surface area contributed by atoms with Crippen LogP contribution in [0.15, 0.2) is 109 Å². The molecule has 0 spiro atoms. The van der Waals surface area contributed by atoms with Crippen molar-refractivity contribution in [2.75, 3.05) is 0 Å². The molecule has 7 aromatic rings. The Kier molecular flexibility index (Phi) is 9.98. The maximum atomic E-state index is 6.92. The molecule has 1 saturated heterocycles. The van der Waals surface area contributed by atoms with E-state index in [1.807, 2.05) is 6.20 Å². The molecular weight excluding hydrogens is 904 g/mol. The molecule has 0 aliphatic carbocycles. The summed E-state index contributed by atoms with van der Waals surface area (Å²) in [6, 6.07) is 45.6. The van der Waals surface area contributed by atoms with Crippen LogP contribution in [-0.4, -0.2) is 9.55 Å². The van der Waals surface area contributed by atoms with Gasteiger partial charge in [-0.15, -0.1) is 35.2 Å². The van der Waals surface area contributed by atoms with Crippen LogP contribution < -0.4 is 13.9 Å². The first-order valence-corrected chi connectivity index (χ1v) is 21.1. The first-order valence-electron chi connectivity index (χ1n) is 21.1. The van der Waals surface area contributed by atoms with E-state index in [0.717, 1.165) is 40.8 Å². The Balaban J connectivity index is 0.00000484. The van der Waals surface area contributed by atoms with Gasteiger partial charge in [0.25, 0.3) is 0 Å². The van der Waals surface area contributed by atoms with Crippen molar-refractivity contribution in [3.8, 4) is 17.3 Å². The van der Waals surface area contributed by atoms with Crippen molar-refractivity contribution in [3.05, 3.63) is 150 Å². The van der Waals surface area contributed by atoms with E-state index in [0.29, 0.717) is 26.6 Å². The molecule has 2 aromatic heterocycles. The van der Waals surface area contributed by atoms with Crippen molar-refractivity contribution >= 4 is 44.6 Å². The van der Waals surface area contributed by atoms with Gasteiger partial charge in [0.1, 0.15) is 5.82 Å². The number of rotatable bonds is 8. The fourth-order valence-corrected chi connectivity index (χ4v) is 9.19.